The summed E-state index contributed by atoms with van der Waals surface area (Å²) in [7, 11) is 0. The van der Waals surface area contributed by atoms with E-state index in [2.05, 4.69) is 13.8 Å². The Labute approximate surface area is 655 Å². The van der Waals surface area contributed by atoms with E-state index in [0.717, 1.165) is 109 Å². The fraction of sp³-hybridized carbons (Fsp3) is 0.862. The summed E-state index contributed by atoms with van der Waals surface area (Å²) in [6.45, 7) is 42.7. The monoisotopic (exact) mass is 1560 g/mol. The third-order valence-electron chi connectivity index (χ3n) is 31.6. The van der Waals surface area contributed by atoms with E-state index in [1.54, 1.807) is 0 Å². The van der Waals surface area contributed by atoms with Crippen LogP contribution in [0.2, 0.25) is 0 Å². The lowest BCUT2D eigenvalue weighted by Crippen LogP contribution is -2.49. The zero-order valence-corrected chi connectivity index (χ0v) is 70.0. The van der Waals surface area contributed by atoms with Gasteiger partial charge in [-0.15, -0.1) is 0 Å². The number of fused-ring (bicyclic) bond motifs is 7. The van der Waals surface area contributed by atoms with Crippen LogP contribution in [0.3, 0.4) is 0 Å². The summed E-state index contributed by atoms with van der Waals surface area (Å²) in [5.41, 5.74) is -4.07. The van der Waals surface area contributed by atoms with E-state index in [9.17, 15) is 57.5 Å². The third-order valence-corrected chi connectivity index (χ3v) is 31.6. The van der Waals surface area contributed by atoms with E-state index < -0.39 is 43.7 Å². The third kappa shape index (κ3) is 14.6. The summed E-state index contributed by atoms with van der Waals surface area (Å²) in [5.74, 6) is 1.51. The molecule has 620 valence electrons. The van der Waals surface area contributed by atoms with Gasteiger partial charge in [0.1, 0.15) is 72.2 Å². The van der Waals surface area contributed by atoms with Crippen molar-refractivity contribution in [2.45, 2.75) is 340 Å². The van der Waals surface area contributed by atoms with Gasteiger partial charge in [0.15, 0.2) is 0 Å². The Morgan fingerprint density at radius 3 is 1.48 bits per heavy atom. The van der Waals surface area contributed by atoms with Crippen LogP contribution in [-0.2, 0) is 114 Å². The Kier molecular flexibility index (Phi) is 22.5. The quantitative estimate of drug-likeness (QED) is 0.0909. The van der Waals surface area contributed by atoms with Gasteiger partial charge in [-0.05, 0) is 212 Å². The molecule has 29 atom stereocenters. The average molecular weight is 1560 g/mol. The molecule has 11 aliphatic carbocycles. The number of esters is 12. The number of hydrogen-bond acceptors (Lipinski definition) is 24. The Hall–Kier alpha value is -6.36. The van der Waals surface area contributed by atoms with Crippen molar-refractivity contribution in [3.63, 3.8) is 0 Å². The minimum Gasteiger partial charge on any atom is -0.458 e. The van der Waals surface area contributed by atoms with Gasteiger partial charge in [0.25, 0.3) is 0 Å². The number of hydrogen-bond donors (Lipinski definition) is 0. The fourth-order valence-electron chi connectivity index (χ4n) is 21.4. The maximum Gasteiger partial charge on any atom is 0.312 e. The first-order valence-corrected chi connectivity index (χ1v) is 42.2. The van der Waals surface area contributed by atoms with Crippen LogP contribution in [-0.4, -0.2) is 144 Å². The maximum atomic E-state index is 12.3. The van der Waals surface area contributed by atoms with Crippen molar-refractivity contribution in [3.8, 4) is 0 Å². The second-order valence-electron chi connectivity index (χ2n) is 40.7. The van der Waals surface area contributed by atoms with E-state index in [1.807, 2.05) is 138 Å². The van der Waals surface area contributed by atoms with Gasteiger partial charge >= 0.3 is 71.6 Å². The van der Waals surface area contributed by atoms with Gasteiger partial charge in [0.05, 0.1) is 68.0 Å². The molecule has 0 aromatic rings. The number of ether oxygens (including phenoxy) is 12. The van der Waals surface area contributed by atoms with Crippen molar-refractivity contribution >= 4 is 71.6 Å². The second kappa shape index (κ2) is 29.7. The van der Waals surface area contributed by atoms with Gasteiger partial charge in [-0.1, -0.05) is 55.4 Å². The summed E-state index contributed by atoms with van der Waals surface area (Å²) in [6.07, 6.45) is 12.6. The van der Waals surface area contributed by atoms with Gasteiger partial charge in [-0.25, -0.2) is 0 Å². The van der Waals surface area contributed by atoms with Gasteiger partial charge in [0, 0.05) is 65.1 Å². The predicted molar refractivity (Wildman–Crippen MR) is 397 cm³/mol. The van der Waals surface area contributed by atoms with Crippen molar-refractivity contribution < 1.29 is 114 Å². The summed E-state index contributed by atoms with van der Waals surface area (Å²) < 4.78 is 66.9. The van der Waals surface area contributed by atoms with Crippen molar-refractivity contribution in [3.05, 3.63) is 0 Å². The molecule has 17 rings (SSSR count). The smallest absolute Gasteiger partial charge is 0.312 e. The van der Waals surface area contributed by atoms with E-state index in [0.29, 0.717) is 30.1 Å². The van der Waals surface area contributed by atoms with Crippen LogP contribution in [0.15, 0.2) is 0 Å². The van der Waals surface area contributed by atoms with Crippen LogP contribution in [0.5, 0.6) is 0 Å². The molecule has 29 unspecified atom stereocenters. The Bertz CT molecular complexity index is 3660. The van der Waals surface area contributed by atoms with E-state index in [4.69, 9.17) is 56.8 Å². The zero-order chi connectivity index (χ0) is 81.7. The normalized spacial score (nSPS) is 41.4. The zero-order valence-electron chi connectivity index (χ0n) is 70.0. The van der Waals surface area contributed by atoms with Crippen LogP contribution >= 0.6 is 0 Å². The molecule has 0 aromatic carbocycles. The van der Waals surface area contributed by atoms with Gasteiger partial charge in [0.2, 0.25) is 0 Å². The van der Waals surface area contributed by atoms with Gasteiger partial charge < -0.3 is 56.8 Å². The topological polar surface area (TPSA) is 316 Å². The molecule has 0 spiro atoms. The van der Waals surface area contributed by atoms with E-state index in [-0.39, 0.29) is 209 Å². The summed E-state index contributed by atoms with van der Waals surface area (Å²) >= 11 is 0. The average Bonchev–Trinajstić information content (AvgIpc) is 1.57. The lowest BCUT2D eigenvalue weighted by atomic mass is 9.79. The molecular formula is C87H128O24. The molecule has 6 saturated heterocycles. The Morgan fingerprint density at radius 1 is 0.405 bits per heavy atom. The highest BCUT2D eigenvalue weighted by Crippen LogP contribution is 2.65. The van der Waals surface area contributed by atoms with Crippen molar-refractivity contribution in [2.24, 2.45) is 133 Å². The Balaban J connectivity index is 0.000000124. The van der Waals surface area contributed by atoms with Crippen molar-refractivity contribution in [1.82, 2.24) is 0 Å². The molecule has 0 amide bonds. The van der Waals surface area contributed by atoms with Crippen molar-refractivity contribution in [2.75, 3.05) is 0 Å². The first kappa shape index (κ1) is 84.0. The van der Waals surface area contributed by atoms with Crippen molar-refractivity contribution in [1.29, 1.82) is 0 Å². The number of rotatable bonds is 18. The molecule has 17 fully saturated rings. The lowest BCUT2D eigenvalue weighted by molar-refractivity contribution is -0.188. The van der Waals surface area contributed by atoms with Gasteiger partial charge in [-0.3, -0.25) is 57.5 Å². The first-order valence-electron chi connectivity index (χ1n) is 42.2. The molecule has 12 bridgehead atoms. The highest BCUT2D eigenvalue weighted by molar-refractivity contribution is 5.83. The largest absolute Gasteiger partial charge is 0.458 e. The predicted octanol–water partition coefficient (Wildman–Crippen LogP) is 13.1. The summed E-state index contributed by atoms with van der Waals surface area (Å²) in [4.78, 5) is 143. The fourth-order valence-corrected chi connectivity index (χ4v) is 21.4. The molecule has 0 aromatic heterocycles. The minimum absolute atomic E-state index is 0.0362. The molecule has 6 heterocycles. The van der Waals surface area contributed by atoms with Crippen LogP contribution in [0.25, 0.3) is 0 Å². The molecular weight excluding hydrogens is 1430 g/mol. The highest BCUT2D eigenvalue weighted by atomic mass is 16.6. The number of carbonyl (C=O) groups excluding carboxylic acids is 12. The molecule has 0 N–H and O–H groups in total. The van der Waals surface area contributed by atoms with E-state index >= 15 is 0 Å². The van der Waals surface area contributed by atoms with Crippen LogP contribution in [0.1, 0.15) is 268 Å². The maximum absolute atomic E-state index is 12.3. The van der Waals surface area contributed by atoms with E-state index in [1.165, 1.54) is 0 Å². The minimum atomic E-state index is -0.614. The molecule has 24 nitrogen and oxygen atoms in total. The number of carbonyl (C=O) groups is 12. The molecule has 11 saturated carbocycles. The Morgan fingerprint density at radius 2 is 0.892 bits per heavy atom. The molecule has 17 aliphatic rings. The standard InChI is InChI=1S/4C15H22O4.C14H20O4.C13H20O4/c1-5-14(2,3)13(17)19-11-10-8-6-15(11,4)7-9(8)12(16)18-10;1-5-14(2,3)13(17)19-15(4)8-6-9-10(7-8)12(16)18-11(9)15;1-5-14(2,3)13(17)18-11-8-6-9-10(7-8)15(11,4)19-12(9)16;1-5-15(3,4)14(17)19-11-8-6-9-10(7(8)2)13(16)18-12(9)11;1-4-14(2,3)13(16)18-10-7-5-8-9(6-7)12(15)17-11(8)10;1-4-13(2,3)12(15)17-9-6-5-8-7-10(9)16-11(8)14/h3*8-11H,5-7H2,1-4H3;7-12H,5-6H2,1-4H3;7-11H,4-6H2,1-3H3;8-10H,4-7H2,1-3H3. The molecule has 111 heavy (non-hydrogen) atoms. The van der Waals surface area contributed by atoms with Crippen LogP contribution < -0.4 is 0 Å². The second-order valence-corrected chi connectivity index (χ2v) is 40.7. The lowest BCUT2D eigenvalue weighted by Gasteiger charge is -2.38. The SMILES string of the molecule is CCC(C)(C)C(=O)OC1(C)C2CC3C(=O)OC1C3C2.CCC(C)(C)C(=O)OC1C2CC3C(=O)OC1(C)C3C2.CCC(C)(C)C(=O)OC1C2CC3C(=O)OC1C3C2.CCC(C)(C)C(=O)OC1C2CC3C1OC(=O)C3C2C.CCC(C)(C)C(=O)OC1C2OC(=O)C3CC1(C)CC32.CCC(C)(C)C(=O)OC1CCC2CC1OC2=O. The first-order chi connectivity index (χ1) is 51.6. The molecule has 6 aliphatic heterocycles. The van der Waals surface area contributed by atoms with Crippen LogP contribution in [0.4, 0.5) is 0 Å². The van der Waals surface area contributed by atoms with Crippen LogP contribution in [0, 0.1) is 133 Å². The highest BCUT2D eigenvalue weighted by Gasteiger charge is 2.73. The van der Waals surface area contributed by atoms with Gasteiger partial charge in [-0.2, -0.15) is 0 Å². The molecule has 24 heteroatoms. The summed E-state index contributed by atoms with van der Waals surface area (Å²) in [6, 6.07) is 0. The molecule has 0 radical (unpaired) electrons. The summed E-state index contributed by atoms with van der Waals surface area (Å²) in [5, 5.41) is 0.